The van der Waals surface area contributed by atoms with Crippen LogP contribution in [0, 0.1) is 5.92 Å². The molecule has 2 atom stereocenters. The number of unbranched alkanes of at least 4 members (excludes halogenated alkanes) is 2. The van der Waals surface area contributed by atoms with Crippen LogP contribution < -0.4 is 11.1 Å². The summed E-state index contributed by atoms with van der Waals surface area (Å²) in [7, 11) is 0. The van der Waals surface area contributed by atoms with Crippen molar-refractivity contribution in [2.45, 2.75) is 30.9 Å². The Balaban J connectivity index is 0.00000256. The lowest BCUT2D eigenvalue weighted by molar-refractivity contribution is -0.124. The van der Waals surface area contributed by atoms with E-state index in [9.17, 15) is 4.79 Å². The molecule has 0 aromatic rings. The van der Waals surface area contributed by atoms with E-state index in [-0.39, 0.29) is 24.2 Å². The Morgan fingerprint density at radius 1 is 1.41 bits per heavy atom. The van der Waals surface area contributed by atoms with Crippen molar-refractivity contribution in [2.24, 2.45) is 11.7 Å². The minimum absolute atomic E-state index is 0. The number of carbonyl (C=O) groups excluding carboxylic acids is 1. The molecule has 0 aliphatic carbocycles. The van der Waals surface area contributed by atoms with Gasteiger partial charge in [0.1, 0.15) is 0 Å². The highest BCUT2D eigenvalue weighted by molar-refractivity contribution is 8.00. The predicted molar refractivity (Wildman–Crippen MR) is 81.4 cm³/mol. The first-order valence-corrected chi connectivity index (χ1v) is 7.66. The van der Waals surface area contributed by atoms with Gasteiger partial charge < -0.3 is 11.1 Å². The molecule has 1 aliphatic heterocycles. The number of rotatable bonds is 7. The first-order chi connectivity index (χ1) is 7.77. The van der Waals surface area contributed by atoms with Gasteiger partial charge in [0, 0.05) is 29.2 Å². The summed E-state index contributed by atoms with van der Waals surface area (Å²) >= 11 is 6.14. The van der Waals surface area contributed by atoms with Gasteiger partial charge in [0.2, 0.25) is 5.91 Å². The SMILES string of the molecule is Cl.NCCCCCNC(=O)C1CSC(CS)C1. The van der Waals surface area contributed by atoms with Crippen molar-refractivity contribution >= 4 is 42.7 Å². The summed E-state index contributed by atoms with van der Waals surface area (Å²) in [5.41, 5.74) is 5.40. The van der Waals surface area contributed by atoms with Gasteiger partial charge in [-0.3, -0.25) is 4.79 Å². The number of carbonyl (C=O) groups is 1. The van der Waals surface area contributed by atoms with Crippen LogP contribution in [0.3, 0.4) is 0 Å². The monoisotopic (exact) mass is 298 g/mol. The maximum atomic E-state index is 11.8. The number of amides is 1. The van der Waals surface area contributed by atoms with Gasteiger partial charge >= 0.3 is 0 Å². The van der Waals surface area contributed by atoms with E-state index in [4.69, 9.17) is 5.73 Å². The predicted octanol–water partition coefficient (Wildman–Crippen LogP) is 1.70. The zero-order chi connectivity index (χ0) is 11.8. The highest BCUT2D eigenvalue weighted by Gasteiger charge is 2.29. The minimum atomic E-state index is 0. The number of thiol groups is 1. The first-order valence-electron chi connectivity index (χ1n) is 5.98. The third kappa shape index (κ3) is 6.79. The molecule has 17 heavy (non-hydrogen) atoms. The van der Waals surface area contributed by atoms with Crippen molar-refractivity contribution < 1.29 is 4.79 Å². The molecule has 1 amide bonds. The second-order valence-electron chi connectivity index (χ2n) is 4.21. The summed E-state index contributed by atoms with van der Waals surface area (Å²) in [4.78, 5) is 11.8. The average molecular weight is 299 g/mol. The molecule has 1 aliphatic rings. The fourth-order valence-electron chi connectivity index (χ4n) is 1.82. The van der Waals surface area contributed by atoms with Crippen LogP contribution >= 0.6 is 36.8 Å². The summed E-state index contributed by atoms with van der Waals surface area (Å²) in [5.74, 6) is 2.27. The lowest BCUT2D eigenvalue weighted by atomic mass is 10.1. The van der Waals surface area contributed by atoms with E-state index in [0.717, 1.165) is 50.3 Å². The summed E-state index contributed by atoms with van der Waals surface area (Å²) < 4.78 is 0. The molecule has 1 fully saturated rings. The van der Waals surface area contributed by atoms with Gasteiger partial charge in [-0.1, -0.05) is 6.42 Å². The molecule has 3 nitrogen and oxygen atoms in total. The molecular formula is C11H23ClN2OS2. The fraction of sp³-hybridized carbons (Fsp3) is 0.909. The van der Waals surface area contributed by atoms with Crippen LogP contribution in [0.25, 0.3) is 0 Å². The van der Waals surface area contributed by atoms with Crippen LogP contribution in [0.2, 0.25) is 0 Å². The summed E-state index contributed by atoms with van der Waals surface area (Å²) in [6.07, 6.45) is 4.19. The number of halogens is 1. The molecule has 6 heteroatoms. The number of nitrogens with one attached hydrogen (secondary N) is 1. The second-order valence-corrected chi connectivity index (χ2v) is 5.91. The van der Waals surface area contributed by atoms with Crippen molar-refractivity contribution in [1.29, 1.82) is 0 Å². The molecule has 0 aromatic carbocycles. The molecule has 0 radical (unpaired) electrons. The molecule has 1 heterocycles. The largest absolute Gasteiger partial charge is 0.356 e. The summed E-state index contributed by atoms with van der Waals surface area (Å²) in [5, 5.41) is 3.58. The van der Waals surface area contributed by atoms with Crippen LogP contribution in [-0.2, 0) is 4.79 Å². The van der Waals surface area contributed by atoms with E-state index < -0.39 is 0 Å². The van der Waals surface area contributed by atoms with Gasteiger partial charge in [-0.25, -0.2) is 0 Å². The van der Waals surface area contributed by atoms with Crippen molar-refractivity contribution in [3.63, 3.8) is 0 Å². The lowest BCUT2D eigenvalue weighted by Gasteiger charge is -2.10. The van der Waals surface area contributed by atoms with Gasteiger partial charge in [-0.15, -0.1) is 12.4 Å². The lowest BCUT2D eigenvalue weighted by Crippen LogP contribution is -2.31. The van der Waals surface area contributed by atoms with E-state index in [1.165, 1.54) is 0 Å². The smallest absolute Gasteiger partial charge is 0.223 e. The van der Waals surface area contributed by atoms with Crippen LogP contribution in [0.5, 0.6) is 0 Å². The van der Waals surface area contributed by atoms with Crippen molar-refractivity contribution in [2.75, 3.05) is 24.6 Å². The van der Waals surface area contributed by atoms with Gasteiger partial charge in [-0.05, 0) is 25.8 Å². The topological polar surface area (TPSA) is 55.1 Å². The van der Waals surface area contributed by atoms with E-state index in [2.05, 4.69) is 17.9 Å². The normalized spacial score (nSPS) is 23.2. The van der Waals surface area contributed by atoms with E-state index in [1.54, 1.807) is 0 Å². The Bertz CT molecular complexity index is 220. The van der Waals surface area contributed by atoms with Crippen LogP contribution in [0.1, 0.15) is 25.7 Å². The maximum Gasteiger partial charge on any atom is 0.223 e. The van der Waals surface area contributed by atoms with E-state index in [0.29, 0.717) is 5.25 Å². The Morgan fingerprint density at radius 3 is 2.76 bits per heavy atom. The number of hydrogen-bond donors (Lipinski definition) is 3. The van der Waals surface area contributed by atoms with E-state index >= 15 is 0 Å². The number of thioether (sulfide) groups is 1. The molecule has 2 unspecified atom stereocenters. The zero-order valence-corrected chi connectivity index (χ0v) is 12.6. The maximum absolute atomic E-state index is 11.8. The number of nitrogens with two attached hydrogens (primary N) is 1. The number of hydrogen-bond acceptors (Lipinski definition) is 4. The molecular weight excluding hydrogens is 276 g/mol. The Labute approximate surface area is 120 Å². The van der Waals surface area contributed by atoms with Gasteiger partial charge in [0.05, 0.1) is 0 Å². The van der Waals surface area contributed by atoms with Crippen molar-refractivity contribution in [3.05, 3.63) is 0 Å². The third-order valence-electron chi connectivity index (χ3n) is 2.84. The Hall–Kier alpha value is 0.420. The molecule has 102 valence electrons. The highest BCUT2D eigenvalue weighted by Crippen LogP contribution is 2.31. The van der Waals surface area contributed by atoms with Crippen molar-refractivity contribution in [3.8, 4) is 0 Å². The third-order valence-corrected chi connectivity index (χ3v) is 4.95. The standard InChI is InChI=1S/C11H22N2OS2.ClH/c12-4-2-1-3-5-13-11(14)9-6-10(7-15)16-8-9;/h9-10,15H,1-8,12H2,(H,13,14);1H. The van der Waals surface area contributed by atoms with Gasteiger partial charge in [0.25, 0.3) is 0 Å². The molecule has 0 bridgehead atoms. The van der Waals surface area contributed by atoms with Crippen LogP contribution in [0.15, 0.2) is 0 Å². The van der Waals surface area contributed by atoms with Gasteiger partial charge in [0.15, 0.2) is 0 Å². The Kier molecular flexibility index (Phi) is 10.6. The second kappa shape index (κ2) is 10.4. The molecule has 0 aromatic heterocycles. The summed E-state index contributed by atoms with van der Waals surface area (Å²) in [6.45, 7) is 1.54. The van der Waals surface area contributed by atoms with E-state index in [1.807, 2.05) is 11.8 Å². The molecule has 0 spiro atoms. The molecule has 0 saturated carbocycles. The van der Waals surface area contributed by atoms with Crippen LogP contribution in [-0.4, -0.2) is 35.8 Å². The van der Waals surface area contributed by atoms with Gasteiger partial charge in [-0.2, -0.15) is 24.4 Å². The van der Waals surface area contributed by atoms with Crippen molar-refractivity contribution in [1.82, 2.24) is 5.32 Å². The highest BCUT2D eigenvalue weighted by atomic mass is 35.5. The first kappa shape index (κ1) is 17.4. The molecule has 1 saturated heterocycles. The molecule has 3 N–H and O–H groups in total. The fourth-order valence-corrected chi connectivity index (χ4v) is 3.55. The molecule has 1 rings (SSSR count). The summed E-state index contributed by atoms with van der Waals surface area (Å²) in [6, 6.07) is 0. The van der Waals surface area contributed by atoms with Crippen LogP contribution in [0.4, 0.5) is 0 Å². The Morgan fingerprint density at radius 2 is 2.18 bits per heavy atom. The minimum Gasteiger partial charge on any atom is -0.356 e. The zero-order valence-electron chi connectivity index (χ0n) is 10.1. The average Bonchev–Trinajstić information content (AvgIpc) is 2.77. The quantitative estimate of drug-likeness (QED) is 0.495.